The molecule has 0 N–H and O–H groups in total. The minimum absolute atomic E-state index is 0.00792. The Balaban J connectivity index is 1.60. The predicted octanol–water partition coefficient (Wildman–Crippen LogP) is 2.71. The molecule has 1 saturated heterocycles. The smallest absolute Gasteiger partial charge is 0.226 e. The molecule has 150 valence electrons. The monoisotopic (exact) mass is 403 g/mol. The Morgan fingerprint density at radius 1 is 1.00 bits per heavy atom. The molecule has 0 spiro atoms. The van der Waals surface area contributed by atoms with Crippen molar-refractivity contribution in [3.63, 3.8) is 0 Å². The molecule has 0 atom stereocenters. The van der Waals surface area contributed by atoms with Crippen molar-refractivity contribution in [2.24, 2.45) is 0 Å². The molecule has 2 aromatic carbocycles. The highest BCUT2D eigenvalue weighted by Gasteiger charge is 2.32. The van der Waals surface area contributed by atoms with Crippen LogP contribution in [-0.2, 0) is 21.1 Å². The SMILES string of the molecule is COc1ccc(S(=O)(=O)C2CCN(C(=O)Cc3cccc(OC)c3)CC2)cc1. The number of rotatable bonds is 6. The van der Waals surface area contributed by atoms with Crippen molar-refractivity contribution >= 4 is 15.7 Å². The van der Waals surface area contributed by atoms with E-state index in [0.717, 1.165) is 11.3 Å². The summed E-state index contributed by atoms with van der Waals surface area (Å²) in [5.41, 5.74) is 0.886. The second-order valence-electron chi connectivity index (χ2n) is 6.83. The van der Waals surface area contributed by atoms with E-state index < -0.39 is 15.1 Å². The van der Waals surface area contributed by atoms with E-state index in [0.29, 0.717) is 36.6 Å². The zero-order valence-electron chi connectivity index (χ0n) is 16.1. The Bertz CT molecular complexity index is 916. The average molecular weight is 404 g/mol. The first-order chi connectivity index (χ1) is 13.4. The molecule has 1 heterocycles. The molecule has 1 amide bonds. The Labute approximate surface area is 166 Å². The zero-order chi connectivity index (χ0) is 20.1. The second kappa shape index (κ2) is 8.65. The Kier molecular flexibility index (Phi) is 6.24. The Morgan fingerprint density at radius 3 is 2.25 bits per heavy atom. The topological polar surface area (TPSA) is 72.9 Å². The number of hydrogen-bond donors (Lipinski definition) is 0. The van der Waals surface area contributed by atoms with Crippen molar-refractivity contribution in [3.8, 4) is 11.5 Å². The Hall–Kier alpha value is -2.54. The predicted molar refractivity (Wildman–Crippen MR) is 106 cm³/mol. The third kappa shape index (κ3) is 4.47. The summed E-state index contributed by atoms with van der Waals surface area (Å²) >= 11 is 0. The lowest BCUT2D eigenvalue weighted by Gasteiger charge is -2.32. The van der Waals surface area contributed by atoms with Crippen LogP contribution in [0.5, 0.6) is 11.5 Å². The summed E-state index contributed by atoms with van der Waals surface area (Å²) in [6.07, 6.45) is 1.17. The first-order valence-corrected chi connectivity index (χ1v) is 10.8. The van der Waals surface area contributed by atoms with Crippen LogP contribution in [0, 0.1) is 0 Å². The molecular weight excluding hydrogens is 378 g/mol. The van der Waals surface area contributed by atoms with Crippen LogP contribution in [0.3, 0.4) is 0 Å². The third-order valence-electron chi connectivity index (χ3n) is 5.11. The average Bonchev–Trinajstić information content (AvgIpc) is 2.74. The van der Waals surface area contributed by atoms with Crippen LogP contribution < -0.4 is 9.47 Å². The van der Waals surface area contributed by atoms with Crippen LogP contribution in [0.25, 0.3) is 0 Å². The van der Waals surface area contributed by atoms with Crippen LogP contribution >= 0.6 is 0 Å². The summed E-state index contributed by atoms with van der Waals surface area (Å²) < 4.78 is 36.0. The largest absolute Gasteiger partial charge is 0.497 e. The van der Waals surface area contributed by atoms with E-state index in [1.165, 1.54) is 0 Å². The molecule has 3 rings (SSSR count). The number of sulfone groups is 1. The highest BCUT2D eigenvalue weighted by Crippen LogP contribution is 2.26. The van der Waals surface area contributed by atoms with Gasteiger partial charge >= 0.3 is 0 Å². The number of carbonyl (C=O) groups is 1. The van der Waals surface area contributed by atoms with Crippen molar-refractivity contribution in [1.29, 1.82) is 0 Å². The molecule has 1 aliphatic rings. The van der Waals surface area contributed by atoms with Crippen LogP contribution in [0.1, 0.15) is 18.4 Å². The summed E-state index contributed by atoms with van der Waals surface area (Å²) in [4.78, 5) is 14.6. The van der Waals surface area contributed by atoms with Gasteiger partial charge in [-0.2, -0.15) is 0 Å². The van der Waals surface area contributed by atoms with Gasteiger partial charge in [0.1, 0.15) is 11.5 Å². The molecule has 0 bridgehead atoms. The number of carbonyl (C=O) groups excluding carboxylic acids is 1. The van der Waals surface area contributed by atoms with Gasteiger partial charge in [0, 0.05) is 13.1 Å². The van der Waals surface area contributed by atoms with Gasteiger partial charge in [-0.15, -0.1) is 0 Å². The maximum absolute atomic E-state index is 12.9. The lowest BCUT2D eigenvalue weighted by Crippen LogP contribution is -2.43. The zero-order valence-corrected chi connectivity index (χ0v) is 16.9. The van der Waals surface area contributed by atoms with Gasteiger partial charge in [-0.25, -0.2) is 8.42 Å². The van der Waals surface area contributed by atoms with Crippen LogP contribution in [-0.4, -0.2) is 51.8 Å². The number of piperidine rings is 1. The van der Waals surface area contributed by atoms with Gasteiger partial charge in [0.15, 0.2) is 9.84 Å². The molecule has 28 heavy (non-hydrogen) atoms. The van der Waals surface area contributed by atoms with Gasteiger partial charge in [-0.3, -0.25) is 4.79 Å². The summed E-state index contributed by atoms with van der Waals surface area (Å²) in [6, 6.07) is 13.9. The van der Waals surface area contributed by atoms with Gasteiger partial charge in [-0.1, -0.05) is 12.1 Å². The molecule has 0 aromatic heterocycles. The molecule has 2 aromatic rings. The molecule has 0 unspecified atom stereocenters. The Morgan fingerprint density at radius 2 is 1.64 bits per heavy atom. The lowest BCUT2D eigenvalue weighted by molar-refractivity contribution is -0.131. The number of methoxy groups -OCH3 is 2. The van der Waals surface area contributed by atoms with E-state index in [-0.39, 0.29) is 12.3 Å². The highest BCUT2D eigenvalue weighted by molar-refractivity contribution is 7.92. The van der Waals surface area contributed by atoms with Gasteiger partial charge in [0.2, 0.25) is 5.91 Å². The molecular formula is C21H25NO5S. The van der Waals surface area contributed by atoms with Crippen LogP contribution in [0.4, 0.5) is 0 Å². The van der Waals surface area contributed by atoms with Crippen molar-refractivity contribution in [3.05, 3.63) is 54.1 Å². The molecule has 6 nitrogen and oxygen atoms in total. The number of ether oxygens (including phenoxy) is 2. The van der Waals surface area contributed by atoms with E-state index in [1.807, 2.05) is 24.3 Å². The minimum atomic E-state index is -3.41. The second-order valence-corrected chi connectivity index (χ2v) is 9.06. The quantitative estimate of drug-likeness (QED) is 0.742. The van der Waals surface area contributed by atoms with Crippen molar-refractivity contribution in [2.45, 2.75) is 29.4 Å². The number of likely N-dealkylation sites (tertiary alicyclic amines) is 1. The van der Waals surface area contributed by atoms with Gasteiger partial charge < -0.3 is 14.4 Å². The van der Waals surface area contributed by atoms with E-state index in [9.17, 15) is 13.2 Å². The molecule has 1 fully saturated rings. The first-order valence-electron chi connectivity index (χ1n) is 9.22. The van der Waals surface area contributed by atoms with Gasteiger partial charge in [0.05, 0.1) is 30.8 Å². The van der Waals surface area contributed by atoms with Crippen molar-refractivity contribution in [1.82, 2.24) is 4.90 Å². The molecule has 7 heteroatoms. The van der Waals surface area contributed by atoms with Crippen LogP contribution in [0.15, 0.2) is 53.4 Å². The normalized spacial score (nSPS) is 15.3. The maximum Gasteiger partial charge on any atom is 0.226 e. The molecule has 0 saturated carbocycles. The fourth-order valence-electron chi connectivity index (χ4n) is 3.44. The minimum Gasteiger partial charge on any atom is -0.497 e. The molecule has 0 radical (unpaired) electrons. The van der Waals surface area contributed by atoms with E-state index in [4.69, 9.17) is 9.47 Å². The molecule has 1 aliphatic heterocycles. The summed E-state index contributed by atoms with van der Waals surface area (Å²) in [5, 5.41) is -0.471. The van der Waals surface area contributed by atoms with Crippen molar-refractivity contribution < 1.29 is 22.7 Å². The summed E-state index contributed by atoms with van der Waals surface area (Å²) in [7, 11) is -0.278. The number of nitrogens with zero attached hydrogens (tertiary/aromatic N) is 1. The number of amides is 1. The summed E-state index contributed by atoms with van der Waals surface area (Å²) in [6.45, 7) is 0.895. The standard InChI is InChI=1S/C21H25NO5S/c1-26-17-6-8-19(9-7-17)28(24,25)20-10-12-22(13-11-20)21(23)15-16-4-3-5-18(14-16)27-2/h3-9,14,20H,10-13,15H2,1-2H3. The molecule has 0 aliphatic carbocycles. The number of hydrogen-bond acceptors (Lipinski definition) is 5. The highest BCUT2D eigenvalue weighted by atomic mass is 32.2. The fraction of sp³-hybridized carbons (Fsp3) is 0.381. The number of benzene rings is 2. The summed E-state index contributed by atoms with van der Waals surface area (Å²) in [5.74, 6) is 1.35. The third-order valence-corrected chi connectivity index (χ3v) is 7.39. The maximum atomic E-state index is 12.9. The van der Waals surface area contributed by atoms with Gasteiger partial charge in [-0.05, 0) is 54.8 Å². The first kappa shape index (κ1) is 20.2. The van der Waals surface area contributed by atoms with E-state index >= 15 is 0 Å². The lowest BCUT2D eigenvalue weighted by atomic mass is 10.1. The van der Waals surface area contributed by atoms with E-state index in [2.05, 4.69) is 0 Å². The van der Waals surface area contributed by atoms with Crippen LogP contribution in [0.2, 0.25) is 0 Å². The van der Waals surface area contributed by atoms with Crippen molar-refractivity contribution in [2.75, 3.05) is 27.3 Å². The fourth-order valence-corrected chi connectivity index (χ4v) is 5.17. The van der Waals surface area contributed by atoms with Gasteiger partial charge in [0.25, 0.3) is 0 Å². The van der Waals surface area contributed by atoms with E-state index in [1.54, 1.807) is 43.4 Å².